The monoisotopic (exact) mass is 253 g/mol. The smallest absolute Gasteiger partial charge is 0.152 e. The standard InChI is InChI=1S/C8H10Cl3N3/c1-2-3-13-8-5(10)6(12)4(9)7(11)14-8/h2-3H2,1H3,(H3,12,13,14). The van der Waals surface area contributed by atoms with Gasteiger partial charge in [0.25, 0.3) is 0 Å². The van der Waals surface area contributed by atoms with Gasteiger partial charge in [-0.3, -0.25) is 0 Å². The number of nitrogens with two attached hydrogens (primary N) is 1. The fraction of sp³-hybridized carbons (Fsp3) is 0.375. The van der Waals surface area contributed by atoms with Crippen LogP contribution in [0.25, 0.3) is 0 Å². The van der Waals surface area contributed by atoms with Crippen molar-refractivity contribution in [2.45, 2.75) is 13.3 Å². The summed E-state index contributed by atoms with van der Waals surface area (Å²) in [5.74, 6) is 0.473. The van der Waals surface area contributed by atoms with Crippen LogP contribution in [0.1, 0.15) is 13.3 Å². The maximum absolute atomic E-state index is 5.91. The number of anilines is 2. The maximum atomic E-state index is 5.91. The largest absolute Gasteiger partial charge is 0.396 e. The molecule has 14 heavy (non-hydrogen) atoms. The minimum absolute atomic E-state index is 0.159. The van der Waals surface area contributed by atoms with E-state index < -0.39 is 0 Å². The highest BCUT2D eigenvalue weighted by Gasteiger charge is 2.13. The molecule has 3 nitrogen and oxygen atoms in total. The van der Waals surface area contributed by atoms with Gasteiger partial charge in [-0.2, -0.15) is 0 Å². The highest BCUT2D eigenvalue weighted by Crippen LogP contribution is 2.36. The normalized spacial score (nSPS) is 10.3. The summed E-state index contributed by atoms with van der Waals surface area (Å²) in [7, 11) is 0. The Hall–Kier alpha value is -0.380. The summed E-state index contributed by atoms with van der Waals surface area (Å²) in [6.45, 7) is 2.78. The topological polar surface area (TPSA) is 50.9 Å². The van der Waals surface area contributed by atoms with E-state index in [0.717, 1.165) is 13.0 Å². The average molecular weight is 255 g/mol. The molecule has 0 aliphatic carbocycles. The van der Waals surface area contributed by atoms with Crippen molar-refractivity contribution in [1.82, 2.24) is 4.98 Å². The molecular formula is C8H10Cl3N3. The highest BCUT2D eigenvalue weighted by molar-refractivity contribution is 6.46. The van der Waals surface area contributed by atoms with Crippen LogP contribution in [-0.2, 0) is 0 Å². The van der Waals surface area contributed by atoms with Gasteiger partial charge >= 0.3 is 0 Å². The number of nitrogens with one attached hydrogen (secondary N) is 1. The van der Waals surface area contributed by atoms with Crippen LogP contribution in [-0.4, -0.2) is 11.5 Å². The fourth-order valence-electron chi connectivity index (χ4n) is 0.892. The second kappa shape index (κ2) is 4.91. The molecule has 0 unspecified atom stereocenters. The molecule has 0 fully saturated rings. The summed E-state index contributed by atoms with van der Waals surface area (Å²) < 4.78 is 0. The van der Waals surface area contributed by atoms with E-state index in [2.05, 4.69) is 10.3 Å². The first-order valence-electron chi connectivity index (χ1n) is 4.11. The van der Waals surface area contributed by atoms with Gasteiger partial charge in [0.15, 0.2) is 5.15 Å². The van der Waals surface area contributed by atoms with E-state index in [4.69, 9.17) is 40.5 Å². The van der Waals surface area contributed by atoms with Crippen molar-refractivity contribution in [2.75, 3.05) is 17.6 Å². The number of nitrogen functional groups attached to an aromatic ring is 1. The third-order valence-electron chi connectivity index (χ3n) is 1.61. The van der Waals surface area contributed by atoms with E-state index in [-0.39, 0.29) is 15.9 Å². The summed E-state index contributed by atoms with van der Waals surface area (Å²) in [6.07, 6.45) is 0.957. The van der Waals surface area contributed by atoms with Crippen molar-refractivity contribution >= 4 is 46.3 Å². The zero-order valence-electron chi connectivity index (χ0n) is 7.57. The van der Waals surface area contributed by atoms with Crippen LogP contribution in [0.2, 0.25) is 15.2 Å². The molecule has 1 heterocycles. The molecule has 1 rings (SSSR count). The Morgan fingerprint density at radius 3 is 2.50 bits per heavy atom. The first-order valence-corrected chi connectivity index (χ1v) is 5.25. The van der Waals surface area contributed by atoms with Crippen LogP contribution in [0.15, 0.2) is 0 Å². The summed E-state index contributed by atoms with van der Waals surface area (Å²) in [6, 6.07) is 0. The molecule has 0 aliphatic rings. The van der Waals surface area contributed by atoms with E-state index in [0.29, 0.717) is 10.8 Å². The molecule has 3 N–H and O–H groups in total. The predicted molar refractivity (Wildman–Crippen MR) is 62.5 cm³/mol. The average Bonchev–Trinajstić information content (AvgIpc) is 2.18. The highest BCUT2D eigenvalue weighted by atomic mass is 35.5. The third kappa shape index (κ3) is 2.35. The second-order valence-electron chi connectivity index (χ2n) is 2.72. The second-order valence-corrected chi connectivity index (χ2v) is 3.83. The molecule has 0 saturated heterocycles. The minimum atomic E-state index is 0.159. The van der Waals surface area contributed by atoms with Gasteiger partial charge in [-0.1, -0.05) is 41.7 Å². The van der Waals surface area contributed by atoms with Gasteiger partial charge in [-0.05, 0) is 6.42 Å². The Bertz CT molecular complexity index is 341. The number of aromatic nitrogens is 1. The molecule has 1 aromatic rings. The number of hydrogen-bond donors (Lipinski definition) is 2. The van der Waals surface area contributed by atoms with Gasteiger partial charge in [-0.15, -0.1) is 0 Å². The predicted octanol–water partition coefficient (Wildman–Crippen LogP) is 3.45. The zero-order valence-corrected chi connectivity index (χ0v) is 9.84. The number of pyridine rings is 1. The zero-order chi connectivity index (χ0) is 10.7. The molecule has 0 atom stereocenters. The molecule has 78 valence electrons. The Morgan fingerprint density at radius 1 is 1.29 bits per heavy atom. The molecule has 0 amide bonds. The first-order chi connectivity index (χ1) is 6.57. The summed E-state index contributed by atoms with van der Waals surface area (Å²) in [5, 5.41) is 3.67. The van der Waals surface area contributed by atoms with Gasteiger partial charge in [0, 0.05) is 6.54 Å². The van der Waals surface area contributed by atoms with Crippen molar-refractivity contribution in [3.8, 4) is 0 Å². The van der Waals surface area contributed by atoms with E-state index in [9.17, 15) is 0 Å². The van der Waals surface area contributed by atoms with Gasteiger partial charge in [0.2, 0.25) is 0 Å². The Labute approximate surface area is 97.5 Å². The number of rotatable bonds is 3. The number of nitrogens with zero attached hydrogens (tertiary/aromatic N) is 1. The van der Waals surface area contributed by atoms with Gasteiger partial charge < -0.3 is 11.1 Å². The minimum Gasteiger partial charge on any atom is -0.396 e. The SMILES string of the molecule is CCCNc1nc(Cl)c(Cl)c(N)c1Cl. The maximum Gasteiger partial charge on any atom is 0.152 e. The third-order valence-corrected chi connectivity index (χ3v) is 2.75. The lowest BCUT2D eigenvalue weighted by Crippen LogP contribution is -2.04. The lowest BCUT2D eigenvalue weighted by atomic mass is 10.4. The van der Waals surface area contributed by atoms with Crippen LogP contribution in [0, 0.1) is 0 Å². The van der Waals surface area contributed by atoms with Crippen molar-refractivity contribution in [2.24, 2.45) is 0 Å². The lowest BCUT2D eigenvalue weighted by molar-refractivity contribution is 0.970. The van der Waals surface area contributed by atoms with Crippen LogP contribution in [0.5, 0.6) is 0 Å². The van der Waals surface area contributed by atoms with E-state index >= 15 is 0 Å². The summed E-state index contributed by atoms with van der Waals surface area (Å²) in [5.41, 5.74) is 5.88. The van der Waals surface area contributed by atoms with E-state index in [1.54, 1.807) is 0 Å². The summed E-state index contributed by atoms with van der Waals surface area (Å²) >= 11 is 17.4. The van der Waals surface area contributed by atoms with Crippen LogP contribution in [0.3, 0.4) is 0 Å². The van der Waals surface area contributed by atoms with Gasteiger partial charge in [0.1, 0.15) is 15.9 Å². The van der Waals surface area contributed by atoms with Crippen molar-refractivity contribution < 1.29 is 0 Å². The van der Waals surface area contributed by atoms with Crippen molar-refractivity contribution in [1.29, 1.82) is 0 Å². The molecule has 0 radical (unpaired) electrons. The van der Waals surface area contributed by atoms with Gasteiger partial charge in [-0.25, -0.2) is 4.98 Å². The first kappa shape index (κ1) is 11.7. The van der Waals surface area contributed by atoms with E-state index in [1.807, 2.05) is 6.92 Å². The quantitative estimate of drug-likeness (QED) is 0.812. The Balaban J connectivity index is 3.06. The van der Waals surface area contributed by atoms with Crippen LogP contribution >= 0.6 is 34.8 Å². The van der Waals surface area contributed by atoms with Gasteiger partial charge in [0.05, 0.1) is 5.69 Å². The Kier molecular flexibility index (Phi) is 4.11. The number of halogens is 3. The fourth-order valence-corrected chi connectivity index (χ4v) is 1.47. The molecule has 0 aliphatic heterocycles. The van der Waals surface area contributed by atoms with Crippen LogP contribution in [0.4, 0.5) is 11.5 Å². The van der Waals surface area contributed by atoms with Crippen molar-refractivity contribution in [3.05, 3.63) is 15.2 Å². The molecule has 0 bridgehead atoms. The lowest BCUT2D eigenvalue weighted by Gasteiger charge is -2.10. The molecule has 0 spiro atoms. The Morgan fingerprint density at radius 2 is 1.93 bits per heavy atom. The molecule has 1 aromatic heterocycles. The van der Waals surface area contributed by atoms with Crippen molar-refractivity contribution in [3.63, 3.8) is 0 Å². The molecule has 0 saturated carbocycles. The summed E-state index contributed by atoms with van der Waals surface area (Å²) in [4.78, 5) is 3.98. The van der Waals surface area contributed by atoms with E-state index in [1.165, 1.54) is 0 Å². The molecule has 6 heteroatoms. The van der Waals surface area contributed by atoms with Crippen LogP contribution < -0.4 is 11.1 Å². The molecular weight excluding hydrogens is 244 g/mol. The number of hydrogen-bond acceptors (Lipinski definition) is 3. The molecule has 0 aromatic carbocycles.